The topological polar surface area (TPSA) is 50.4 Å². The maximum atomic E-state index is 11.9. The molecule has 1 saturated carbocycles. The summed E-state index contributed by atoms with van der Waals surface area (Å²) in [5, 5.41) is 3.28. The van der Waals surface area contributed by atoms with Gasteiger partial charge < -0.3 is 5.32 Å². The van der Waals surface area contributed by atoms with Crippen molar-refractivity contribution in [3.05, 3.63) is 35.4 Å². The van der Waals surface area contributed by atoms with Crippen molar-refractivity contribution in [2.75, 3.05) is 7.05 Å². The van der Waals surface area contributed by atoms with E-state index in [2.05, 4.69) is 10.8 Å². The highest BCUT2D eigenvalue weighted by Gasteiger charge is 2.21. The Morgan fingerprint density at radius 1 is 1.16 bits per heavy atom. The molecule has 0 heterocycles. The highest BCUT2D eigenvalue weighted by atomic mass is 16.7. The fourth-order valence-electron chi connectivity index (χ4n) is 2.37. The smallest absolute Gasteiger partial charge is 0.274 e. The normalized spacial score (nSPS) is 23.1. The van der Waals surface area contributed by atoms with Gasteiger partial charge in [-0.2, -0.15) is 0 Å². The number of hydrogen-bond donors (Lipinski definition) is 2. The van der Waals surface area contributed by atoms with Crippen molar-refractivity contribution < 1.29 is 9.63 Å². The quantitative estimate of drug-likeness (QED) is 0.818. The predicted molar refractivity (Wildman–Crippen MR) is 74.8 cm³/mol. The number of rotatable bonds is 4. The first-order valence-electron chi connectivity index (χ1n) is 6.89. The summed E-state index contributed by atoms with van der Waals surface area (Å²) in [6, 6.07) is 8.06. The van der Waals surface area contributed by atoms with Crippen molar-refractivity contribution in [3.63, 3.8) is 0 Å². The molecule has 1 aliphatic carbocycles. The monoisotopic (exact) mass is 262 g/mol. The van der Waals surface area contributed by atoms with Crippen LogP contribution in [0.4, 0.5) is 0 Å². The van der Waals surface area contributed by atoms with Gasteiger partial charge in [0, 0.05) is 11.6 Å². The van der Waals surface area contributed by atoms with E-state index in [9.17, 15) is 4.79 Å². The summed E-state index contributed by atoms with van der Waals surface area (Å²) < 4.78 is 0. The highest BCUT2D eigenvalue weighted by Crippen LogP contribution is 2.20. The van der Waals surface area contributed by atoms with Gasteiger partial charge in [-0.1, -0.05) is 17.7 Å². The Hall–Kier alpha value is -1.39. The molecule has 1 aromatic carbocycles. The van der Waals surface area contributed by atoms with E-state index < -0.39 is 0 Å². The van der Waals surface area contributed by atoms with Gasteiger partial charge in [0.2, 0.25) is 0 Å². The highest BCUT2D eigenvalue weighted by molar-refractivity contribution is 5.93. The molecule has 0 spiro atoms. The van der Waals surface area contributed by atoms with Crippen molar-refractivity contribution in [1.29, 1.82) is 0 Å². The van der Waals surface area contributed by atoms with Crippen LogP contribution in [-0.4, -0.2) is 25.1 Å². The third-order valence-electron chi connectivity index (χ3n) is 3.71. The Morgan fingerprint density at radius 3 is 2.37 bits per heavy atom. The van der Waals surface area contributed by atoms with Gasteiger partial charge in [0.15, 0.2) is 0 Å². The van der Waals surface area contributed by atoms with E-state index in [0.717, 1.165) is 31.2 Å². The lowest BCUT2D eigenvalue weighted by atomic mass is 9.93. The van der Waals surface area contributed by atoms with Crippen LogP contribution < -0.4 is 10.8 Å². The Morgan fingerprint density at radius 2 is 1.79 bits per heavy atom. The number of amides is 1. The maximum absolute atomic E-state index is 11.9. The first-order valence-corrected chi connectivity index (χ1v) is 6.89. The van der Waals surface area contributed by atoms with Gasteiger partial charge in [0.05, 0.1) is 6.10 Å². The number of aryl methyl sites for hydroxylation is 1. The average Bonchev–Trinajstić information content (AvgIpc) is 2.46. The molecular weight excluding hydrogens is 240 g/mol. The summed E-state index contributed by atoms with van der Waals surface area (Å²) in [5.41, 5.74) is 4.34. The molecule has 0 aromatic heterocycles. The first-order chi connectivity index (χ1) is 9.19. The van der Waals surface area contributed by atoms with Crippen molar-refractivity contribution >= 4 is 5.91 Å². The Balaban J connectivity index is 1.76. The summed E-state index contributed by atoms with van der Waals surface area (Å²) in [4.78, 5) is 17.4. The molecule has 0 bridgehead atoms. The molecular formula is C15H22N2O2. The largest absolute Gasteiger partial charge is 0.317 e. The molecule has 1 aliphatic rings. The molecule has 2 N–H and O–H groups in total. The zero-order valence-electron chi connectivity index (χ0n) is 11.6. The van der Waals surface area contributed by atoms with E-state index in [1.165, 1.54) is 0 Å². The third kappa shape index (κ3) is 4.04. The standard InChI is InChI=1S/C15H22N2O2/c1-11-3-5-12(6-4-11)15(18)17-19-14-9-7-13(16-2)8-10-14/h3-6,13-14,16H,7-10H2,1-2H3,(H,17,18). The van der Waals surface area contributed by atoms with E-state index in [4.69, 9.17) is 4.84 Å². The molecule has 0 atom stereocenters. The predicted octanol–water partition coefficient (Wildman–Crippen LogP) is 2.19. The molecule has 4 nitrogen and oxygen atoms in total. The fourth-order valence-corrected chi connectivity index (χ4v) is 2.37. The molecule has 1 aromatic rings. The summed E-state index contributed by atoms with van der Waals surface area (Å²) in [6.45, 7) is 2.00. The average molecular weight is 262 g/mol. The molecule has 4 heteroatoms. The third-order valence-corrected chi connectivity index (χ3v) is 3.71. The number of benzene rings is 1. The van der Waals surface area contributed by atoms with Crippen LogP contribution in [0.1, 0.15) is 41.6 Å². The molecule has 1 amide bonds. The molecule has 0 aliphatic heterocycles. The molecule has 2 rings (SSSR count). The number of carbonyl (C=O) groups is 1. The summed E-state index contributed by atoms with van der Waals surface area (Å²) in [6.07, 6.45) is 4.31. The Bertz CT molecular complexity index is 409. The molecule has 0 saturated heterocycles. The van der Waals surface area contributed by atoms with Gasteiger partial charge in [0.25, 0.3) is 5.91 Å². The molecule has 0 radical (unpaired) electrons. The van der Waals surface area contributed by atoms with Gasteiger partial charge in [-0.05, 0) is 51.8 Å². The first kappa shape index (κ1) is 14.0. The second-order valence-corrected chi connectivity index (χ2v) is 5.18. The summed E-state index contributed by atoms with van der Waals surface area (Å²) >= 11 is 0. The Labute approximate surface area is 114 Å². The van der Waals surface area contributed by atoms with Crippen LogP contribution in [0.5, 0.6) is 0 Å². The van der Waals surface area contributed by atoms with E-state index in [1.54, 1.807) is 0 Å². The van der Waals surface area contributed by atoms with Crippen LogP contribution in [0.2, 0.25) is 0 Å². The van der Waals surface area contributed by atoms with Gasteiger partial charge in [-0.15, -0.1) is 0 Å². The van der Waals surface area contributed by atoms with Crippen molar-refractivity contribution in [3.8, 4) is 0 Å². The lowest BCUT2D eigenvalue weighted by Crippen LogP contribution is -2.36. The maximum Gasteiger partial charge on any atom is 0.274 e. The second-order valence-electron chi connectivity index (χ2n) is 5.18. The van der Waals surface area contributed by atoms with Crippen molar-refractivity contribution in [2.45, 2.75) is 44.8 Å². The lowest BCUT2D eigenvalue weighted by Gasteiger charge is -2.27. The second kappa shape index (κ2) is 6.68. The van der Waals surface area contributed by atoms with Crippen LogP contribution in [0.3, 0.4) is 0 Å². The number of hydroxylamine groups is 1. The van der Waals surface area contributed by atoms with Crippen LogP contribution in [-0.2, 0) is 4.84 Å². The van der Waals surface area contributed by atoms with Crippen LogP contribution >= 0.6 is 0 Å². The van der Waals surface area contributed by atoms with Crippen LogP contribution in [0, 0.1) is 6.92 Å². The molecule has 0 unspecified atom stereocenters. The summed E-state index contributed by atoms with van der Waals surface area (Å²) in [7, 11) is 1.99. The van der Waals surface area contributed by atoms with E-state index >= 15 is 0 Å². The molecule has 104 valence electrons. The van der Waals surface area contributed by atoms with Crippen LogP contribution in [0.25, 0.3) is 0 Å². The molecule has 1 fully saturated rings. The SMILES string of the molecule is CNC1CCC(ONC(=O)c2ccc(C)cc2)CC1. The van der Waals surface area contributed by atoms with E-state index in [0.29, 0.717) is 11.6 Å². The lowest BCUT2D eigenvalue weighted by molar-refractivity contribution is -0.0342. The number of nitrogens with one attached hydrogen (secondary N) is 2. The molecule has 19 heavy (non-hydrogen) atoms. The van der Waals surface area contributed by atoms with Crippen molar-refractivity contribution in [1.82, 2.24) is 10.8 Å². The van der Waals surface area contributed by atoms with Crippen molar-refractivity contribution in [2.24, 2.45) is 0 Å². The van der Waals surface area contributed by atoms with E-state index in [1.807, 2.05) is 38.2 Å². The fraction of sp³-hybridized carbons (Fsp3) is 0.533. The van der Waals surface area contributed by atoms with Crippen LogP contribution in [0.15, 0.2) is 24.3 Å². The van der Waals surface area contributed by atoms with Gasteiger partial charge in [-0.25, -0.2) is 5.48 Å². The van der Waals surface area contributed by atoms with E-state index in [-0.39, 0.29) is 12.0 Å². The minimum absolute atomic E-state index is 0.138. The zero-order valence-corrected chi connectivity index (χ0v) is 11.6. The van der Waals surface area contributed by atoms with Gasteiger partial charge >= 0.3 is 0 Å². The summed E-state index contributed by atoms with van der Waals surface area (Å²) in [5.74, 6) is -0.171. The number of carbonyl (C=O) groups excluding carboxylic acids is 1. The minimum atomic E-state index is -0.171. The zero-order chi connectivity index (χ0) is 13.7. The minimum Gasteiger partial charge on any atom is -0.317 e. The Kier molecular flexibility index (Phi) is 4.93. The van der Waals surface area contributed by atoms with Gasteiger partial charge in [0.1, 0.15) is 0 Å². The van der Waals surface area contributed by atoms with Gasteiger partial charge in [-0.3, -0.25) is 9.63 Å². The number of hydrogen-bond acceptors (Lipinski definition) is 3.